The van der Waals surface area contributed by atoms with Crippen molar-refractivity contribution in [3.63, 3.8) is 0 Å². The standard InChI is InChI=1S/C20H18OS/c1-22(21)15-16-8-7-11-18(14-16)20-13-6-5-12-19(20)17-9-3-2-4-10-17/h2-14H,15H2,1H3. The first-order valence-corrected chi connectivity index (χ1v) is 9.00. The lowest BCUT2D eigenvalue weighted by Gasteiger charge is -2.11. The zero-order chi connectivity index (χ0) is 15.4. The van der Waals surface area contributed by atoms with Gasteiger partial charge in [-0.1, -0.05) is 78.9 Å². The van der Waals surface area contributed by atoms with E-state index in [9.17, 15) is 4.21 Å². The van der Waals surface area contributed by atoms with Crippen molar-refractivity contribution >= 4 is 10.8 Å². The summed E-state index contributed by atoms with van der Waals surface area (Å²) in [6.07, 6.45) is 1.74. The van der Waals surface area contributed by atoms with Crippen LogP contribution in [0.2, 0.25) is 0 Å². The van der Waals surface area contributed by atoms with E-state index in [0.29, 0.717) is 5.75 Å². The minimum absolute atomic E-state index is 0.599. The second kappa shape index (κ2) is 6.71. The summed E-state index contributed by atoms with van der Waals surface area (Å²) < 4.78 is 11.5. The van der Waals surface area contributed by atoms with E-state index < -0.39 is 10.8 Å². The number of hydrogen-bond donors (Lipinski definition) is 0. The van der Waals surface area contributed by atoms with E-state index in [1.807, 2.05) is 18.2 Å². The van der Waals surface area contributed by atoms with Gasteiger partial charge in [-0.2, -0.15) is 0 Å². The average Bonchev–Trinajstić information content (AvgIpc) is 2.55. The second-order valence-electron chi connectivity index (χ2n) is 5.33. The number of hydrogen-bond acceptors (Lipinski definition) is 1. The molecule has 0 fully saturated rings. The highest BCUT2D eigenvalue weighted by molar-refractivity contribution is 7.83. The summed E-state index contributed by atoms with van der Waals surface area (Å²) in [5.74, 6) is 0.599. The highest BCUT2D eigenvalue weighted by Crippen LogP contribution is 2.32. The van der Waals surface area contributed by atoms with Crippen molar-refractivity contribution < 1.29 is 4.21 Å². The van der Waals surface area contributed by atoms with Crippen LogP contribution in [0.25, 0.3) is 22.3 Å². The summed E-state index contributed by atoms with van der Waals surface area (Å²) in [6, 6.07) is 27.2. The Morgan fingerprint density at radius 3 is 2.00 bits per heavy atom. The number of benzene rings is 3. The third-order valence-corrected chi connectivity index (χ3v) is 4.36. The van der Waals surface area contributed by atoms with Crippen LogP contribution in [-0.2, 0) is 16.6 Å². The van der Waals surface area contributed by atoms with Crippen molar-refractivity contribution in [2.75, 3.05) is 6.26 Å². The van der Waals surface area contributed by atoms with Crippen LogP contribution in [0.1, 0.15) is 5.56 Å². The summed E-state index contributed by atoms with van der Waals surface area (Å²) in [6.45, 7) is 0. The van der Waals surface area contributed by atoms with Crippen LogP contribution in [0.5, 0.6) is 0 Å². The van der Waals surface area contributed by atoms with Gasteiger partial charge in [0.1, 0.15) is 0 Å². The van der Waals surface area contributed by atoms with Crippen LogP contribution < -0.4 is 0 Å². The fourth-order valence-electron chi connectivity index (χ4n) is 2.67. The van der Waals surface area contributed by atoms with Crippen molar-refractivity contribution in [3.8, 4) is 22.3 Å². The summed E-state index contributed by atoms with van der Waals surface area (Å²) in [7, 11) is -0.823. The van der Waals surface area contributed by atoms with E-state index >= 15 is 0 Å². The third-order valence-electron chi connectivity index (χ3n) is 3.62. The molecular formula is C20H18OS. The third kappa shape index (κ3) is 3.34. The molecule has 2 heteroatoms. The van der Waals surface area contributed by atoms with Crippen LogP contribution in [0.4, 0.5) is 0 Å². The van der Waals surface area contributed by atoms with E-state index in [4.69, 9.17) is 0 Å². The molecule has 0 amide bonds. The maximum Gasteiger partial charge on any atom is 0.0483 e. The van der Waals surface area contributed by atoms with E-state index in [2.05, 4.69) is 60.7 Å². The normalized spacial score (nSPS) is 12.0. The van der Waals surface area contributed by atoms with Gasteiger partial charge >= 0.3 is 0 Å². The van der Waals surface area contributed by atoms with E-state index in [-0.39, 0.29) is 0 Å². The van der Waals surface area contributed by atoms with Gasteiger partial charge in [0, 0.05) is 22.8 Å². The zero-order valence-corrected chi connectivity index (χ0v) is 13.3. The first-order chi connectivity index (χ1) is 10.7. The Balaban J connectivity index is 2.08. The highest BCUT2D eigenvalue weighted by Gasteiger charge is 2.07. The van der Waals surface area contributed by atoms with Gasteiger partial charge < -0.3 is 0 Å². The molecule has 3 aromatic carbocycles. The molecule has 0 radical (unpaired) electrons. The minimum Gasteiger partial charge on any atom is -0.260 e. The van der Waals surface area contributed by atoms with Gasteiger partial charge in [-0.15, -0.1) is 0 Å². The van der Waals surface area contributed by atoms with E-state index in [1.54, 1.807) is 6.26 Å². The molecule has 0 N–H and O–H groups in total. The largest absolute Gasteiger partial charge is 0.260 e. The molecule has 0 aliphatic carbocycles. The van der Waals surface area contributed by atoms with Gasteiger partial charge in [0.2, 0.25) is 0 Å². The lowest BCUT2D eigenvalue weighted by Crippen LogP contribution is -1.93. The van der Waals surface area contributed by atoms with Gasteiger partial charge in [-0.25, -0.2) is 0 Å². The number of rotatable bonds is 4. The van der Waals surface area contributed by atoms with Gasteiger partial charge in [0.15, 0.2) is 0 Å². The molecule has 0 saturated heterocycles. The Morgan fingerprint density at radius 1 is 0.727 bits per heavy atom. The summed E-state index contributed by atoms with van der Waals surface area (Å²) in [5.41, 5.74) is 5.92. The van der Waals surface area contributed by atoms with Gasteiger partial charge in [-0.3, -0.25) is 4.21 Å². The minimum atomic E-state index is -0.823. The molecule has 3 rings (SSSR count). The van der Waals surface area contributed by atoms with Crippen LogP contribution in [0, 0.1) is 0 Å². The first-order valence-electron chi connectivity index (χ1n) is 7.28. The lowest BCUT2D eigenvalue weighted by molar-refractivity contribution is 0.686. The Hall–Kier alpha value is -2.19. The molecule has 0 heterocycles. The average molecular weight is 306 g/mol. The Bertz CT molecular complexity index is 794. The Labute approximate surface area is 134 Å². The molecule has 1 nitrogen and oxygen atoms in total. The molecule has 0 aromatic heterocycles. The van der Waals surface area contributed by atoms with Gasteiger partial charge in [0.25, 0.3) is 0 Å². The Kier molecular flexibility index (Phi) is 4.50. The molecule has 0 spiro atoms. The second-order valence-corrected chi connectivity index (χ2v) is 6.76. The molecule has 1 unspecified atom stereocenters. The predicted molar refractivity (Wildman–Crippen MR) is 95.1 cm³/mol. The fourth-order valence-corrected chi connectivity index (χ4v) is 3.32. The monoisotopic (exact) mass is 306 g/mol. The maximum atomic E-state index is 11.5. The molecule has 0 saturated carbocycles. The molecule has 22 heavy (non-hydrogen) atoms. The van der Waals surface area contributed by atoms with Crippen LogP contribution in [0.3, 0.4) is 0 Å². The fraction of sp³-hybridized carbons (Fsp3) is 0.100. The topological polar surface area (TPSA) is 17.1 Å². The van der Waals surface area contributed by atoms with Crippen molar-refractivity contribution in [2.45, 2.75) is 5.75 Å². The Morgan fingerprint density at radius 2 is 1.32 bits per heavy atom. The highest BCUT2D eigenvalue weighted by atomic mass is 32.2. The van der Waals surface area contributed by atoms with Gasteiger partial charge in [-0.05, 0) is 27.8 Å². The summed E-state index contributed by atoms with van der Waals surface area (Å²) in [5, 5.41) is 0. The molecule has 0 bridgehead atoms. The molecule has 0 aliphatic heterocycles. The van der Waals surface area contributed by atoms with Crippen molar-refractivity contribution in [1.29, 1.82) is 0 Å². The van der Waals surface area contributed by atoms with E-state index in [0.717, 1.165) is 5.56 Å². The summed E-state index contributed by atoms with van der Waals surface area (Å²) >= 11 is 0. The summed E-state index contributed by atoms with van der Waals surface area (Å²) in [4.78, 5) is 0. The van der Waals surface area contributed by atoms with E-state index in [1.165, 1.54) is 22.3 Å². The predicted octanol–water partition coefficient (Wildman–Crippen LogP) is 4.90. The van der Waals surface area contributed by atoms with Crippen LogP contribution in [-0.4, -0.2) is 10.5 Å². The molecule has 3 aromatic rings. The molecule has 1 atom stereocenters. The first kappa shape index (κ1) is 14.7. The zero-order valence-electron chi connectivity index (χ0n) is 12.5. The molecule has 110 valence electrons. The van der Waals surface area contributed by atoms with Crippen molar-refractivity contribution in [1.82, 2.24) is 0 Å². The maximum absolute atomic E-state index is 11.5. The van der Waals surface area contributed by atoms with Crippen molar-refractivity contribution in [2.24, 2.45) is 0 Å². The van der Waals surface area contributed by atoms with Crippen LogP contribution in [0.15, 0.2) is 78.9 Å². The SMILES string of the molecule is CS(=O)Cc1cccc(-c2ccccc2-c2ccccc2)c1. The van der Waals surface area contributed by atoms with Crippen LogP contribution >= 0.6 is 0 Å². The molecular weight excluding hydrogens is 288 g/mol. The molecule has 0 aliphatic rings. The van der Waals surface area contributed by atoms with Crippen molar-refractivity contribution in [3.05, 3.63) is 84.4 Å². The van der Waals surface area contributed by atoms with Gasteiger partial charge in [0.05, 0.1) is 0 Å². The lowest BCUT2D eigenvalue weighted by atomic mass is 9.94. The quantitative estimate of drug-likeness (QED) is 0.670. The smallest absolute Gasteiger partial charge is 0.0483 e.